The van der Waals surface area contributed by atoms with Crippen molar-refractivity contribution < 1.29 is 14.3 Å². The van der Waals surface area contributed by atoms with E-state index in [0.717, 1.165) is 11.8 Å². The maximum Gasteiger partial charge on any atom is 0.251 e. The number of nitrogens with one attached hydrogen (secondary N) is 2. The number of rotatable bonds is 8. The van der Waals surface area contributed by atoms with Gasteiger partial charge in [-0.25, -0.2) is 4.98 Å². The number of aromatic nitrogens is 2. The molecule has 0 atom stereocenters. The number of Topliss-reactive ketones (excluding diaryl/α,β-unsaturated/α-hetero) is 1. The van der Waals surface area contributed by atoms with Gasteiger partial charge in [0.15, 0.2) is 10.9 Å². The monoisotopic (exact) mass is 409 g/mol. The number of thioether (sulfide) groups is 1. The van der Waals surface area contributed by atoms with Gasteiger partial charge >= 0.3 is 0 Å². The lowest BCUT2D eigenvalue weighted by Crippen LogP contribution is -2.17. The molecule has 3 rings (SSSR count). The van der Waals surface area contributed by atoms with E-state index in [0.29, 0.717) is 27.9 Å². The molecule has 0 fully saturated rings. The maximum absolute atomic E-state index is 12.3. The van der Waals surface area contributed by atoms with Crippen LogP contribution in [-0.4, -0.2) is 27.4 Å². The molecule has 2 aromatic carbocycles. The van der Waals surface area contributed by atoms with Gasteiger partial charge in [-0.05, 0) is 31.2 Å². The Labute approximate surface area is 171 Å². The number of amides is 1. The smallest absolute Gasteiger partial charge is 0.251 e. The highest BCUT2D eigenvalue weighted by molar-refractivity contribution is 7.99. The second kappa shape index (κ2) is 9.70. The molecule has 1 aromatic heterocycles. The van der Waals surface area contributed by atoms with Crippen LogP contribution < -0.4 is 15.6 Å². The standard InChI is InChI=1S/C21H19N3O4S/c1-14(25)17-9-5-6-10-18(17)23-20(27)13-29-21-22-15(11-19(26)24-21)12-28-16-7-3-2-4-8-16/h2-11H,12-13H2,1H3,(H,23,27)(H,22,24,26). The Morgan fingerprint density at radius 1 is 1.10 bits per heavy atom. The Balaban J connectivity index is 1.60. The molecule has 1 amide bonds. The Hall–Kier alpha value is -3.39. The third-order valence-electron chi connectivity index (χ3n) is 3.82. The number of carbonyl (C=O) groups is 2. The number of hydrogen-bond donors (Lipinski definition) is 2. The lowest BCUT2D eigenvalue weighted by atomic mass is 10.1. The zero-order chi connectivity index (χ0) is 20.6. The van der Waals surface area contributed by atoms with Gasteiger partial charge in [-0.2, -0.15) is 0 Å². The minimum atomic E-state index is -0.323. The van der Waals surface area contributed by atoms with Crippen molar-refractivity contribution in [1.29, 1.82) is 0 Å². The fourth-order valence-electron chi connectivity index (χ4n) is 2.52. The van der Waals surface area contributed by atoms with Gasteiger partial charge in [0, 0.05) is 11.6 Å². The molecule has 148 valence electrons. The Bertz CT molecular complexity index is 1070. The van der Waals surface area contributed by atoms with E-state index < -0.39 is 0 Å². The van der Waals surface area contributed by atoms with Gasteiger partial charge in [0.25, 0.3) is 5.56 Å². The van der Waals surface area contributed by atoms with Crippen LogP contribution in [-0.2, 0) is 11.4 Å². The van der Waals surface area contributed by atoms with Crippen LogP contribution in [0.1, 0.15) is 23.0 Å². The van der Waals surface area contributed by atoms with E-state index in [1.807, 2.05) is 30.3 Å². The van der Waals surface area contributed by atoms with Gasteiger partial charge in [-0.3, -0.25) is 14.4 Å². The fourth-order valence-corrected chi connectivity index (χ4v) is 3.21. The lowest BCUT2D eigenvalue weighted by molar-refractivity contribution is -0.113. The first kappa shape index (κ1) is 20.3. The number of ether oxygens (including phenoxy) is 1. The molecule has 7 nitrogen and oxygen atoms in total. The van der Waals surface area contributed by atoms with Crippen molar-refractivity contribution in [1.82, 2.24) is 9.97 Å². The number of hydrogen-bond acceptors (Lipinski definition) is 6. The summed E-state index contributed by atoms with van der Waals surface area (Å²) in [5.41, 5.74) is 1.04. The highest BCUT2D eigenvalue weighted by atomic mass is 32.2. The summed E-state index contributed by atoms with van der Waals surface area (Å²) >= 11 is 1.09. The van der Waals surface area contributed by atoms with Crippen molar-refractivity contribution in [2.75, 3.05) is 11.1 Å². The summed E-state index contributed by atoms with van der Waals surface area (Å²) < 4.78 is 5.61. The van der Waals surface area contributed by atoms with Crippen LogP contribution in [0.15, 0.2) is 70.6 Å². The topological polar surface area (TPSA) is 101 Å². The van der Waals surface area contributed by atoms with Gasteiger partial charge < -0.3 is 15.0 Å². The third-order valence-corrected chi connectivity index (χ3v) is 4.70. The number of carbonyl (C=O) groups excluding carboxylic acids is 2. The number of H-pyrrole nitrogens is 1. The van der Waals surface area contributed by atoms with E-state index in [1.54, 1.807) is 24.3 Å². The molecule has 8 heteroatoms. The van der Waals surface area contributed by atoms with E-state index >= 15 is 0 Å². The minimum Gasteiger partial charge on any atom is -0.487 e. The van der Waals surface area contributed by atoms with Gasteiger partial charge in [0.1, 0.15) is 12.4 Å². The Morgan fingerprint density at radius 2 is 1.83 bits per heavy atom. The molecule has 2 N–H and O–H groups in total. The van der Waals surface area contributed by atoms with Gasteiger partial charge in [-0.15, -0.1) is 0 Å². The van der Waals surface area contributed by atoms with Crippen LogP contribution in [0.2, 0.25) is 0 Å². The highest BCUT2D eigenvalue weighted by Gasteiger charge is 2.11. The first-order valence-corrected chi connectivity index (χ1v) is 9.80. The maximum atomic E-state index is 12.3. The summed E-state index contributed by atoms with van der Waals surface area (Å²) in [6, 6.07) is 17.4. The van der Waals surface area contributed by atoms with E-state index in [1.165, 1.54) is 13.0 Å². The van der Waals surface area contributed by atoms with Gasteiger partial charge in [0.2, 0.25) is 5.91 Å². The fraction of sp³-hybridized carbons (Fsp3) is 0.143. The molecule has 0 saturated heterocycles. The molecular weight excluding hydrogens is 390 g/mol. The summed E-state index contributed by atoms with van der Waals surface area (Å²) in [4.78, 5) is 42.7. The minimum absolute atomic E-state index is 0.0260. The molecule has 0 aliphatic carbocycles. The number of anilines is 1. The van der Waals surface area contributed by atoms with Crippen molar-refractivity contribution in [3.8, 4) is 5.75 Å². The van der Waals surface area contributed by atoms with E-state index in [4.69, 9.17) is 4.74 Å². The summed E-state index contributed by atoms with van der Waals surface area (Å²) in [6.45, 7) is 1.58. The predicted molar refractivity (Wildman–Crippen MR) is 111 cm³/mol. The average Bonchev–Trinajstić information content (AvgIpc) is 2.71. The van der Waals surface area contributed by atoms with Crippen LogP contribution in [0, 0.1) is 0 Å². The first-order valence-electron chi connectivity index (χ1n) is 8.82. The molecule has 0 radical (unpaired) electrons. The second-order valence-electron chi connectivity index (χ2n) is 6.08. The van der Waals surface area contributed by atoms with Crippen molar-refractivity contribution >= 4 is 29.1 Å². The van der Waals surface area contributed by atoms with Crippen LogP contribution in [0.3, 0.4) is 0 Å². The highest BCUT2D eigenvalue weighted by Crippen LogP contribution is 2.18. The molecule has 1 heterocycles. The van der Waals surface area contributed by atoms with Crippen LogP contribution >= 0.6 is 11.8 Å². The van der Waals surface area contributed by atoms with Crippen LogP contribution in [0.25, 0.3) is 0 Å². The van der Waals surface area contributed by atoms with Crippen molar-refractivity contribution in [3.05, 3.63) is 82.3 Å². The first-order chi connectivity index (χ1) is 14.0. The predicted octanol–water partition coefficient (Wildman–Crippen LogP) is 3.28. The number of benzene rings is 2. The molecule has 0 unspecified atom stereocenters. The van der Waals surface area contributed by atoms with Crippen LogP contribution in [0.4, 0.5) is 5.69 Å². The number of para-hydroxylation sites is 2. The summed E-state index contributed by atoms with van der Waals surface area (Å²) in [5, 5.41) is 3.03. The van der Waals surface area contributed by atoms with Crippen molar-refractivity contribution in [3.63, 3.8) is 0 Å². The number of aromatic amines is 1. The van der Waals surface area contributed by atoms with Gasteiger partial charge in [0.05, 0.1) is 17.1 Å². The zero-order valence-electron chi connectivity index (χ0n) is 15.7. The Kier molecular flexibility index (Phi) is 6.80. The lowest BCUT2D eigenvalue weighted by Gasteiger charge is -2.09. The molecule has 0 aliphatic heterocycles. The number of nitrogens with zero attached hydrogens (tertiary/aromatic N) is 1. The number of ketones is 1. The zero-order valence-corrected chi connectivity index (χ0v) is 16.5. The van der Waals surface area contributed by atoms with Gasteiger partial charge in [-0.1, -0.05) is 42.1 Å². The summed E-state index contributed by atoms with van der Waals surface area (Å²) in [6.07, 6.45) is 0. The van der Waals surface area contributed by atoms with Crippen molar-refractivity contribution in [2.45, 2.75) is 18.7 Å². The molecule has 0 bridgehead atoms. The molecule has 0 spiro atoms. The molecule has 0 aliphatic rings. The molecule has 3 aromatic rings. The van der Waals surface area contributed by atoms with E-state index in [-0.39, 0.29) is 29.6 Å². The molecule has 0 saturated carbocycles. The van der Waals surface area contributed by atoms with Crippen LogP contribution in [0.5, 0.6) is 5.75 Å². The third kappa shape index (κ3) is 6.05. The second-order valence-corrected chi connectivity index (χ2v) is 7.05. The van der Waals surface area contributed by atoms with Crippen molar-refractivity contribution in [2.24, 2.45) is 0 Å². The SMILES string of the molecule is CC(=O)c1ccccc1NC(=O)CSc1nc(COc2ccccc2)cc(=O)[nH]1. The Morgan fingerprint density at radius 3 is 2.59 bits per heavy atom. The van der Waals surface area contributed by atoms with E-state index in [9.17, 15) is 14.4 Å². The van der Waals surface area contributed by atoms with E-state index in [2.05, 4.69) is 15.3 Å². The quantitative estimate of drug-likeness (QED) is 0.336. The molecule has 29 heavy (non-hydrogen) atoms. The average molecular weight is 409 g/mol. The summed E-state index contributed by atoms with van der Waals surface area (Å²) in [5.74, 6) is 0.258. The summed E-state index contributed by atoms with van der Waals surface area (Å²) in [7, 11) is 0. The molecular formula is C21H19N3O4S. The largest absolute Gasteiger partial charge is 0.487 e. The normalized spacial score (nSPS) is 10.4.